The second kappa shape index (κ2) is 6.93. The number of nitrogens with one attached hydrogen (secondary N) is 2. The maximum absolute atomic E-state index is 13.5. The van der Waals surface area contributed by atoms with Gasteiger partial charge in [0.05, 0.1) is 12.2 Å². The third-order valence-electron chi connectivity index (χ3n) is 2.33. The van der Waals surface area contributed by atoms with Gasteiger partial charge in [0, 0.05) is 14.2 Å². The van der Waals surface area contributed by atoms with E-state index < -0.39 is 18.1 Å². The Hall–Kier alpha value is -1.66. The molecule has 1 rings (SSSR count). The molecule has 6 heteroatoms. The molecule has 100 valence electrons. The van der Waals surface area contributed by atoms with Crippen LogP contribution in [-0.4, -0.2) is 33.1 Å². The molecular weight excluding hydrogens is 239 g/mol. The lowest BCUT2D eigenvalue weighted by molar-refractivity contribution is -0.0970. The summed E-state index contributed by atoms with van der Waals surface area (Å²) in [7, 11) is 2.93. The molecule has 0 atom stereocenters. The predicted molar refractivity (Wildman–Crippen MR) is 66.0 cm³/mol. The SMILES string of the molecule is COC(CNC(=O)Nc1ccc(C)cc1F)OC. The van der Waals surface area contributed by atoms with Crippen LogP contribution in [0, 0.1) is 12.7 Å². The van der Waals surface area contributed by atoms with Crippen molar-refractivity contribution >= 4 is 11.7 Å². The standard InChI is InChI=1S/C12H17FN2O3/c1-8-4-5-10(9(13)6-8)15-12(16)14-7-11(17-2)18-3/h4-6,11H,7H2,1-3H3,(H2,14,15,16). The smallest absolute Gasteiger partial charge is 0.319 e. The Labute approximate surface area is 105 Å². The molecule has 0 fully saturated rings. The monoisotopic (exact) mass is 256 g/mol. The summed E-state index contributed by atoms with van der Waals surface area (Å²) in [6.45, 7) is 1.95. The maximum atomic E-state index is 13.5. The number of benzene rings is 1. The summed E-state index contributed by atoms with van der Waals surface area (Å²) in [5, 5.41) is 4.91. The highest BCUT2D eigenvalue weighted by Gasteiger charge is 2.09. The minimum atomic E-state index is -0.529. The number of amides is 2. The van der Waals surface area contributed by atoms with Gasteiger partial charge in [-0.15, -0.1) is 0 Å². The number of hydrogen-bond acceptors (Lipinski definition) is 3. The molecule has 1 aromatic rings. The zero-order chi connectivity index (χ0) is 13.5. The molecule has 18 heavy (non-hydrogen) atoms. The van der Waals surface area contributed by atoms with Crippen LogP contribution in [0.2, 0.25) is 0 Å². The van der Waals surface area contributed by atoms with Crippen molar-refractivity contribution < 1.29 is 18.7 Å². The first kappa shape index (κ1) is 14.4. The highest BCUT2D eigenvalue weighted by atomic mass is 19.1. The van der Waals surface area contributed by atoms with Gasteiger partial charge in [0.15, 0.2) is 6.29 Å². The number of hydrogen-bond donors (Lipinski definition) is 2. The van der Waals surface area contributed by atoms with E-state index in [4.69, 9.17) is 9.47 Å². The first-order valence-corrected chi connectivity index (χ1v) is 5.43. The van der Waals surface area contributed by atoms with Crippen LogP contribution in [0.3, 0.4) is 0 Å². The van der Waals surface area contributed by atoms with Gasteiger partial charge >= 0.3 is 6.03 Å². The summed E-state index contributed by atoms with van der Waals surface area (Å²) >= 11 is 0. The van der Waals surface area contributed by atoms with Gasteiger partial charge in [-0.05, 0) is 24.6 Å². The minimum absolute atomic E-state index is 0.129. The van der Waals surface area contributed by atoms with Crippen LogP contribution in [0.1, 0.15) is 5.56 Å². The number of anilines is 1. The second-order valence-corrected chi connectivity index (χ2v) is 3.72. The Balaban J connectivity index is 2.49. The number of aryl methyl sites for hydroxylation is 1. The molecule has 0 radical (unpaired) electrons. The third kappa shape index (κ3) is 4.31. The molecule has 0 aromatic heterocycles. The predicted octanol–water partition coefficient (Wildman–Crippen LogP) is 1.87. The number of ether oxygens (including phenoxy) is 2. The largest absolute Gasteiger partial charge is 0.354 e. The van der Waals surface area contributed by atoms with Crippen molar-refractivity contribution in [2.24, 2.45) is 0 Å². The van der Waals surface area contributed by atoms with E-state index in [0.717, 1.165) is 5.56 Å². The normalized spacial score (nSPS) is 10.5. The van der Waals surface area contributed by atoms with Crippen molar-refractivity contribution in [3.63, 3.8) is 0 Å². The van der Waals surface area contributed by atoms with E-state index in [-0.39, 0.29) is 12.2 Å². The number of carbonyl (C=O) groups is 1. The van der Waals surface area contributed by atoms with Gasteiger partial charge in [-0.25, -0.2) is 9.18 Å². The van der Waals surface area contributed by atoms with Gasteiger partial charge in [-0.3, -0.25) is 0 Å². The van der Waals surface area contributed by atoms with Crippen LogP contribution in [0.15, 0.2) is 18.2 Å². The number of halogens is 1. The molecule has 5 nitrogen and oxygen atoms in total. The third-order valence-corrected chi connectivity index (χ3v) is 2.33. The van der Waals surface area contributed by atoms with Crippen LogP contribution < -0.4 is 10.6 Å². The number of carbonyl (C=O) groups excluding carboxylic acids is 1. The fourth-order valence-corrected chi connectivity index (χ4v) is 1.33. The van der Waals surface area contributed by atoms with Gasteiger partial charge in [-0.2, -0.15) is 0 Å². The van der Waals surface area contributed by atoms with Crippen molar-refractivity contribution in [3.8, 4) is 0 Å². The molecule has 2 amide bonds. The van der Waals surface area contributed by atoms with E-state index >= 15 is 0 Å². The summed E-state index contributed by atoms with van der Waals surface area (Å²) in [5.74, 6) is -0.472. The van der Waals surface area contributed by atoms with Crippen molar-refractivity contribution in [1.82, 2.24) is 5.32 Å². The Kier molecular flexibility index (Phi) is 5.54. The zero-order valence-corrected chi connectivity index (χ0v) is 10.6. The molecule has 0 saturated carbocycles. The maximum Gasteiger partial charge on any atom is 0.319 e. The second-order valence-electron chi connectivity index (χ2n) is 3.72. The van der Waals surface area contributed by atoms with Crippen LogP contribution in [0.25, 0.3) is 0 Å². The summed E-state index contributed by atoms with van der Waals surface area (Å²) in [6, 6.07) is 4.06. The van der Waals surface area contributed by atoms with Crippen molar-refractivity contribution in [2.75, 3.05) is 26.1 Å². The molecule has 0 aliphatic heterocycles. The van der Waals surface area contributed by atoms with Gasteiger partial charge in [0.2, 0.25) is 0 Å². The quantitative estimate of drug-likeness (QED) is 0.791. The fourth-order valence-electron chi connectivity index (χ4n) is 1.33. The van der Waals surface area contributed by atoms with E-state index in [1.54, 1.807) is 13.0 Å². The molecule has 1 aromatic carbocycles. The molecule has 0 aliphatic carbocycles. The Morgan fingerprint density at radius 2 is 2.06 bits per heavy atom. The average molecular weight is 256 g/mol. The van der Waals surface area contributed by atoms with Crippen molar-refractivity contribution in [3.05, 3.63) is 29.6 Å². The number of methoxy groups -OCH3 is 2. The van der Waals surface area contributed by atoms with E-state index in [0.29, 0.717) is 0 Å². The summed E-state index contributed by atoms with van der Waals surface area (Å²) in [4.78, 5) is 11.5. The van der Waals surface area contributed by atoms with E-state index in [9.17, 15) is 9.18 Å². The van der Waals surface area contributed by atoms with Gasteiger partial charge in [0.1, 0.15) is 5.82 Å². The molecule has 2 N–H and O–H groups in total. The van der Waals surface area contributed by atoms with Crippen LogP contribution in [0.4, 0.5) is 14.9 Å². The fraction of sp³-hybridized carbons (Fsp3) is 0.417. The van der Waals surface area contributed by atoms with Crippen molar-refractivity contribution in [2.45, 2.75) is 13.2 Å². The average Bonchev–Trinajstić information content (AvgIpc) is 2.34. The number of rotatable bonds is 5. The summed E-state index contributed by atoms with van der Waals surface area (Å²) < 4.78 is 23.3. The molecule has 0 saturated heterocycles. The molecule has 0 heterocycles. The highest BCUT2D eigenvalue weighted by Crippen LogP contribution is 2.14. The summed E-state index contributed by atoms with van der Waals surface area (Å²) in [5.41, 5.74) is 0.918. The minimum Gasteiger partial charge on any atom is -0.354 e. The van der Waals surface area contributed by atoms with Gasteiger partial charge in [-0.1, -0.05) is 6.07 Å². The van der Waals surface area contributed by atoms with E-state index in [1.165, 1.54) is 26.4 Å². The van der Waals surface area contributed by atoms with Gasteiger partial charge < -0.3 is 20.1 Å². The molecule has 0 bridgehead atoms. The zero-order valence-electron chi connectivity index (χ0n) is 10.6. The topological polar surface area (TPSA) is 59.6 Å². The Morgan fingerprint density at radius 3 is 2.61 bits per heavy atom. The number of urea groups is 1. The lowest BCUT2D eigenvalue weighted by Gasteiger charge is -2.14. The molecule has 0 unspecified atom stereocenters. The molecular formula is C12H17FN2O3. The molecule has 0 spiro atoms. The summed E-state index contributed by atoms with van der Waals surface area (Å²) in [6.07, 6.45) is -0.529. The highest BCUT2D eigenvalue weighted by molar-refractivity contribution is 5.89. The lowest BCUT2D eigenvalue weighted by atomic mass is 10.2. The van der Waals surface area contributed by atoms with E-state index in [1.807, 2.05) is 0 Å². The Bertz CT molecular complexity index is 408. The Morgan fingerprint density at radius 1 is 1.39 bits per heavy atom. The first-order valence-electron chi connectivity index (χ1n) is 5.43. The first-order chi connectivity index (χ1) is 8.56. The lowest BCUT2D eigenvalue weighted by Crippen LogP contribution is -2.37. The van der Waals surface area contributed by atoms with Crippen molar-refractivity contribution in [1.29, 1.82) is 0 Å². The molecule has 0 aliphatic rings. The van der Waals surface area contributed by atoms with Crippen LogP contribution in [-0.2, 0) is 9.47 Å². The van der Waals surface area contributed by atoms with Crippen LogP contribution in [0.5, 0.6) is 0 Å². The van der Waals surface area contributed by atoms with E-state index in [2.05, 4.69) is 10.6 Å². The van der Waals surface area contributed by atoms with Gasteiger partial charge in [0.25, 0.3) is 0 Å². The van der Waals surface area contributed by atoms with Crippen LogP contribution >= 0.6 is 0 Å².